The zero-order chi connectivity index (χ0) is 32.8. The minimum atomic E-state index is -0.968. The number of thiol groups is 2. The highest BCUT2D eigenvalue weighted by molar-refractivity contribution is 7.79. The molecule has 0 bridgehead atoms. The summed E-state index contributed by atoms with van der Waals surface area (Å²) in [5, 5.41) is 8.59. The molecular formula is C30H54N8O4S2. The number of unbranched alkanes of at least 4 members (excludes halogenated alkanes) is 4. The summed E-state index contributed by atoms with van der Waals surface area (Å²) >= 11 is 8.66. The molecule has 1 aromatic carbocycles. The third kappa shape index (κ3) is 17.6. The number of carbonyl (C=O) groups excluding carboxylic acids is 3. The minimum Gasteiger partial charge on any atom is -0.492 e. The summed E-state index contributed by atoms with van der Waals surface area (Å²) in [5.74, 6) is 1.65. The van der Waals surface area contributed by atoms with Crippen LogP contribution in [0, 0.1) is 0 Å². The summed E-state index contributed by atoms with van der Waals surface area (Å²) in [6.45, 7) is 4.02. The van der Waals surface area contributed by atoms with E-state index in [1.807, 2.05) is 18.2 Å². The van der Waals surface area contributed by atoms with Crippen LogP contribution < -0.4 is 43.6 Å². The van der Waals surface area contributed by atoms with Crippen LogP contribution in [0.1, 0.15) is 82.3 Å². The number of carbonyl (C=O) groups is 3. The third-order valence-corrected chi connectivity index (χ3v) is 7.75. The van der Waals surface area contributed by atoms with Crippen LogP contribution in [0.3, 0.4) is 0 Å². The van der Waals surface area contributed by atoms with Crippen molar-refractivity contribution < 1.29 is 19.1 Å². The van der Waals surface area contributed by atoms with Gasteiger partial charge in [-0.15, -0.1) is 0 Å². The smallest absolute Gasteiger partial charge is 0.239 e. The maximum atomic E-state index is 12.4. The molecule has 44 heavy (non-hydrogen) atoms. The fraction of sp³-hybridized carbons (Fsp3) is 0.667. The van der Waals surface area contributed by atoms with Gasteiger partial charge in [0, 0.05) is 37.6 Å². The molecule has 0 saturated heterocycles. The molecule has 0 radical (unpaired) electrons. The molecule has 0 aliphatic rings. The van der Waals surface area contributed by atoms with Crippen molar-refractivity contribution in [3.8, 4) is 5.75 Å². The van der Waals surface area contributed by atoms with Crippen LogP contribution in [-0.2, 0) is 25.9 Å². The SMILES string of the molecule is C[C@@](N)(CCCCN=C(N)N)C(=O)NCCCC[C@H](N)C(=O)NCCCCCC(=O)NCCOc1ccc(CS)c(CS)c1. The van der Waals surface area contributed by atoms with Gasteiger partial charge < -0.3 is 43.6 Å². The Morgan fingerprint density at radius 3 is 2.32 bits per heavy atom. The molecule has 1 aromatic rings. The van der Waals surface area contributed by atoms with Crippen molar-refractivity contribution in [1.29, 1.82) is 0 Å². The van der Waals surface area contributed by atoms with Gasteiger partial charge in [0.05, 0.1) is 18.1 Å². The van der Waals surface area contributed by atoms with Gasteiger partial charge in [0.2, 0.25) is 17.7 Å². The number of nitrogens with zero attached hydrogens (tertiary/aromatic N) is 1. The zero-order valence-electron chi connectivity index (χ0n) is 26.1. The van der Waals surface area contributed by atoms with E-state index in [2.05, 4.69) is 46.2 Å². The van der Waals surface area contributed by atoms with Gasteiger partial charge in [-0.3, -0.25) is 19.4 Å². The lowest BCUT2D eigenvalue weighted by Crippen LogP contribution is -2.51. The van der Waals surface area contributed by atoms with Crippen LogP contribution in [0.4, 0.5) is 0 Å². The fourth-order valence-electron chi connectivity index (χ4n) is 4.32. The number of benzene rings is 1. The topological polar surface area (TPSA) is 213 Å². The maximum absolute atomic E-state index is 12.4. The quantitative estimate of drug-likeness (QED) is 0.0344. The Morgan fingerprint density at radius 2 is 1.61 bits per heavy atom. The summed E-state index contributed by atoms with van der Waals surface area (Å²) < 4.78 is 5.73. The molecular weight excluding hydrogens is 601 g/mol. The van der Waals surface area contributed by atoms with E-state index < -0.39 is 11.6 Å². The van der Waals surface area contributed by atoms with Crippen molar-refractivity contribution in [2.24, 2.45) is 27.9 Å². The van der Waals surface area contributed by atoms with Crippen molar-refractivity contribution in [2.45, 2.75) is 94.2 Å². The average molecular weight is 655 g/mol. The lowest BCUT2D eigenvalue weighted by Gasteiger charge is -2.23. The maximum Gasteiger partial charge on any atom is 0.239 e. The van der Waals surface area contributed by atoms with Gasteiger partial charge in [-0.2, -0.15) is 25.3 Å². The summed E-state index contributed by atoms with van der Waals surface area (Å²) in [7, 11) is 0. The first-order valence-corrected chi connectivity index (χ1v) is 16.7. The molecule has 11 N–H and O–H groups in total. The molecule has 3 amide bonds. The van der Waals surface area contributed by atoms with Crippen molar-refractivity contribution >= 4 is 48.9 Å². The molecule has 0 aliphatic carbocycles. The first-order chi connectivity index (χ1) is 21.0. The number of hydrogen-bond acceptors (Lipinski definition) is 9. The lowest BCUT2D eigenvalue weighted by molar-refractivity contribution is -0.126. The molecule has 0 aromatic heterocycles. The van der Waals surface area contributed by atoms with E-state index >= 15 is 0 Å². The molecule has 250 valence electrons. The van der Waals surface area contributed by atoms with Crippen LogP contribution in [-0.4, -0.2) is 68.0 Å². The Balaban J connectivity index is 2.05. The normalized spacial score (nSPS) is 12.9. The van der Waals surface area contributed by atoms with E-state index in [0.29, 0.717) is 76.4 Å². The standard InChI is InChI=1S/C30H54N8O4S2/c1-30(34,13-5-8-16-38-29(32)33)28(41)37-15-7-4-9-25(31)27(40)36-14-6-2-3-10-26(39)35-17-18-42-24-12-11-22(20-43)23(19-24)21-44/h11-12,19,25,43-44H,2-10,13-18,20-21,31,34H2,1H3,(H,35,39)(H,36,40)(H,37,41)(H4,32,33,38)/t25-,30+/m0/s1. The lowest BCUT2D eigenvalue weighted by atomic mass is 9.95. The summed E-state index contributed by atoms with van der Waals surface area (Å²) in [6.07, 6.45) is 6.67. The highest BCUT2D eigenvalue weighted by Crippen LogP contribution is 2.21. The second kappa shape index (κ2) is 22.8. The number of hydrogen-bond donors (Lipinski definition) is 9. The number of rotatable bonds is 24. The monoisotopic (exact) mass is 654 g/mol. The third-order valence-electron chi connectivity index (χ3n) is 7.07. The Bertz CT molecular complexity index is 1040. The molecule has 0 heterocycles. The predicted octanol–water partition coefficient (Wildman–Crippen LogP) is 1.49. The Kier molecular flexibility index (Phi) is 20.4. The van der Waals surface area contributed by atoms with Crippen LogP contribution >= 0.6 is 25.3 Å². The van der Waals surface area contributed by atoms with Crippen molar-refractivity contribution in [2.75, 3.05) is 32.8 Å². The van der Waals surface area contributed by atoms with Crippen LogP contribution in [0.2, 0.25) is 0 Å². The number of nitrogens with one attached hydrogen (secondary N) is 3. The number of aliphatic imine (C=N–C) groups is 1. The van der Waals surface area contributed by atoms with E-state index in [0.717, 1.165) is 49.0 Å². The summed E-state index contributed by atoms with van der Waals surface area (Å²) in [4.78, 5) is 40.6. The molecule has 0 spiro atoms. The van der Waals surface area contributed by atoms with Gasteiger partial charge in [0.25, 0.3) is 0 Å². The van der Waals surface area contributed by atoms with Crippen LogP contribution in [0.5, 0.6) is 5.75 Å². The highest BCUT2D eigenvalue weighted by atomic mass is 32.1. The van der Waals surface area contributed by atoms with Gasteiger partial charge in [-0.1, -0.05) is 12.5 Å². The Labute approximate surface area is 273 Å². The highest BCUT2D eigenvalue weighted by Gasteiger charge is 2.27. The predicted molar refractivity (Wildman–Crippen MR) is 184 cm³/mol. The van der Waals surface area contributed by atoms with Crippen LogP contribution in [0.15, 0.2) is 23.2 Å². The first-order valence-electron chi connectivity index (χ1n) is 15.4. The van der Waals surface area contributed by atoms with Crippen molar-refractivity contribution in [3.63, 3.8) is 0 Å². The number of nitrogens with two attached hydrogens (primary N) is 4. The Hall–Kier alpha value is -2.68. The van der Waals surface area contributed by atoms with Crippen molar-refractivity contribution in [3.05, 3.63) is 29.3 Å². The summed E-state index contributed by atoms with van der Waals surface area (Å²) in [5.41, 5.74) is 24.0. The molecule has 14 heteroatoms. The molecule has 0 fully saturated rings. The largest absolute Gasteiger partial charge is 0.492 e. The van der Waals surface area contributed by atoms with E-state index in [9.17, 15) is 14.4 Å². The zero-order valence-corrected chi connectivity index (χ0v) is 27.9. The first kappa shape index (κ1) is 39.3. The van der Waals surface area contributed by atoms with Gasteiger partial charge in [0.1, 0.15) is 12.4 Å². The van der Waals surface area contributed by atoms with Gasteiger partial charge in [-0.25, -0.2) is 0 Å². The summed E-state index contributed by atoms with van der Waals surface area (Å²) in [6, 6.07) is 5.23. The second-order valence-corrected chi connectivity index (χ2v) is 11.7. The van der Waals surface area contributed by atoms with Gasteiger partial charge in [0.15, 0.2) is 5.96 Å². The molecule has 0 aliphatic heterocycles. The second-order valence-electron chi connectivity index (χ2n) is 11.1. The van der Waals surface area contributed by atoms with Gasteiger partial charge >= 0.3 is 0 Å². The molecule has 2 atom stereocenters. The minimum absolute atomic E-state index is 0.0204. The number of amides is 3. The van der Waals surface area contributed by atoms with E-state index in [1.54, 1.807) is 6.92 Å². The fourth-order valence-corrected chi connectivity index (χ4v) is 4.92. The molecule has 0 unspecified atom stereocenters. The van der Waals surface area contributed by atoms with E-state index in [4.69, 9.17) is 27.7 Å². The molecule has 12 nitrogen and oxygen atoms in total. The Morgan fingerprint density at radius 1 is 0.909 bits per heavy atom. The van der Waals surface area contributed by atoms with Crippen molar-refractivity contribution in [1.82, 2.24) is 16.0 Å². The van der Waals surface area contributed by atoms with Gasteiger partial charge in [-0.05, 0) is 81.5 Å². The van der Waals surface area contributed by atoms with E-state index in [1.165, 1.54) is 0 Å². The average Bonchev–Trinajstić information content (AvgIpc) is 2.99. The number of guanidine groups is 1. The molecule has 0 saturated carbocycles. The molecule has 1 rings (SSSR count). The number of ether oxygens (including phenoxy) is 1. The van der Waals surface area contributed by atoms with Crippen LogP contribution in [0.25, 0.3) is 0 Å². The van der Waals surface area contributed by atoms with E-state index in [-0.39, 0.29) is 23.7 Å².